The predicted octanol–water partition coefficient (Wildman–Crippen LogP) is 28.4. The van der Waals surface area contributed by atoms with Crippen LogP contribution in [0.25, 0.3) is 204 Å². The number of nitrogens with zero attached hydrogens (tertiary/aromatic N) is 4. The van der Waals surface area contributed by atoms with Crippen LogP contribution in [0.2, 0.25) is 0 Å². The molecule has 18 aromatic carbocycles. The number of fused-ring (bicyclic) bond motifs is 9. The third-order valence-electron chi connectivity index (χ3n) is 23.3. The van der Waals surface area contributed by atoms with Gasteiger partial charge in [-0.15, -0.1) is 0 Å². The summed E-state index contributed by atoms with van der Waals surface area (Å²) in [4.78, 5) is 2.31. The number of hydrogen-bond donors (Lipinski definition) is 0. The lowest BCUT2D eigenvalue weighted by Gasteiger charge is -2.25. The van der Waals surface area contributed by atoms with Crippen LogP contribution in [-0.4, -0.2) is 13.7 Å². The summed E-state index contributed by atoms with van der Waals surface area (Å²) in [5.41, 5.74) is 35.7. The maximum absolute atomic E-state index is 2.54. The number of aromatic nitrogens is 3. The molecule has 2 aliphatic rings. The van der Waals surface area contributed by atoms with E-state index in [9.17, 15) is 0 Å². The molecule has 23 rings (SSSR count). The first kappa shape index (κ1) is 60.1. The molecule has 2 aliphatic carbocycles. The summed E-state index contributed by atoms with van der Waals surface area (Å²) in [5.74, 6) is 0. The highest BCUT2D eigenvalue weighted by Crippen LogP contribution is 2.55. The zero-order chi connectivity index (χ0) is 70.7. The molecule has 4 heteroatoms. The van der Waals surface area contributed by atoms with Crippen LogP contribution in [-0.2, 0) is 0 Å². The van der Waals surface area contributed by atoms with E-state index in [1.54, 1.807) is 0 Å². The molecule has 0 aliphatic heterocycles. The van der Waals surface area contributed by atoms with Crippen LogP contribution in [0.1, 0.15) is 0 Å². The third kappa shape index (κ3) is 8.98. The normalized spacial score (nSPS) is 12.1. The Bertz CT molecular complexity index is 7180. The van der Waals surface area contributed by atoms with Gasteiger partial charge in [-0.05, 0) is 226 Å². The number of anilines is 3. The molecule has 0 N–H and O–H groups in total. The van der Waals surface area contributed by atoms with Gasteiger partial charge in [0.15, 0.2) is 0 Å². The largest absolute Gasteiger partial charge is 0.311 e. The average molecular weight is 1370 g/mol. The smallest absolute Gasteiger partial charge is 0.0553 e. The number of para-hydroxylation sites is 4. The van der Waals surface area contributed by atoms with E-state index in [4.69, 9.17) is 0 Å². The van der Waals surface area contributed by atoms with Crippen molar-refractivity contribution in [1.29, 1.82) is 0 Å². The molecule has 3 aromatic heterocycles. The Morgan fingerprint density at radius 3 is 0.972 bits per heavy atom. The summed E-state index contributed by atoms with van der Waals surface area (Å²) in [6, 6.07) is 144. The van der Waals surface area contributed by atoms with E-state index in [0.717, 1.165) is 39.7 Å². The molecule has 21 aromatic rings. The summed E-state index contributed by atoms with van der Waals surface area (Å²) in [7, 11) is 0. The lowest BCUT2D eigenvalue weighted by Crippen LogP contribution is -2.09. The molecule has 0 fully saturated rings. The van der Waals surface area contributed by atoms with E-state index in [0.29, 0.717) is 0 Å². The molecule has 4 nitrogen and oxygen atoms in total. The van der Waals surface area contributed by atoms with E-state index < -0.39 is 0 Å². The Morgan fingerprint density at radius 2 is 0.472 bits per heavy atom. The fourth-order valence-electron chi connectivity index (χ4n) is 18.6. The van der Waals surface area contributed by atoms with Crippen LogP contribution < -0.4 is 4.90 Å². The van der Waals surface area contributed by atoms with E-state index in [-0.39, 0.29) is 0 Å². The summed E-state index contributed by atoms with van der Waals surface area (Å²) in [5, 5.41) is 12.7. The van der Waals surface area contributed by atoms with E-state index >= 15 is 0 Å². The maximum Gasteiger partial charge on any atom is 0.0553 e. The topological polar surface area (TPSA) is 18.0 Å². The molecule has 500 valence electrons. The molecule has 0 spiro atoms. The number of rotatable bonds is 11. The van der Waals surface area contributed by atoms with Crippen LogP contribution in [0.5, 0.6) is 0 Å². The zero-order valence-electron chi connectivity index (χ0n) is 58.7. The lowest BCUT2D eigenvalue weighted by molar-refractivity contribution is 1.18. The van der Waals surface area contributed by atoms with E-state index in [2.05, 4.69) is 407 Å². The van der Waals surface area contributed by atoms with Gasteiger partial charge in [-0.3, -0.25) is 0 Å². The monoisotopic (exact) mass is 1370 g/mol. The Labute approximate surface area is 624 Å². The molecule has 3 heterocycles. The van der Waals surface area contributed by atoms with Crippen molar-refractivity contribution in [1.82, 2.24) is 13.7 Å². The fraction of sp³-hybridized carbons (Fsp3) is 0. The van der Waals surface area contributed by atoms with Crippen molar-refractivity contribution in [3.05, 3.63) is 388 Å². The number of benzene rings is 18. The minimum absolute atomic E-state index is 1.11. The molecule has 0 saturated heterocycles. The highest BCUT2D eigenvalue weighted by molar-refractivity contribution is 6.34. The third-order valence-corrected chi connectivity index (χ3v) is 23.3. The van der Waals surface area contributed by atoms with E-state index in [1.165, 1.54) is 182 Å². The Hall–Kier alpha value is -14.3. The van der Waals surface area contributed by atoms with Crippen LogP contribution in [0.4, 0.5) is 17.1 Å². The molecular weight excluding hydrogens is 1310 g/mol. The van der Waals surface area contributed by atoms with Crippen LogP contribution in [0, 0.1) is 0 Å². The van der Waals surface area contributed by atoms with Crippen molar-refractivity contribution in [2.75, 3.05) is 4.90 Å². The second kappa shape index (κ2) is 23.6. The quantitative estimate of drug-likeness (QED) is 0.126. The van der Waals surface area contributed by atoms with Crippen molar-refractivity contribution in [3.8, 4) is 117 Å². The summed E-state index contributed by atoms with van der Waals surface area (Å²) in [6.45, 7) is 0. The van der Waals surface area contributed by atoms with Gasteiger partial charge in [0.1, 0.15) is 0 Å². The summed E-state index contributed by atoms with van der Waals surface area (Å²) < 4.78 is 7.42. The number of hydrogen-bond acceptors (Lipinski definition) is 1. The van der Waals surface area contributed by atoms with Gasteiger partial charge in [-0.1, -0.05) is 273 Å². The first-order valence-electron chi connectivity index (χ1n) is 37.4. The van der Waals surface area contributed by atoms with Crippen LogP contribution in [0.3, 0.4) is 0 Å². The van der Waals surface area contributed by atoms with E-state index in [1.807, 2.05) is 0 Å². The highest BCUT2D eigenvalue weighted by atomic mass is 15.1. The van der Waals surface area contributed by atoms with Gasteiger partial charge in [0.2, 0.25) is 0 Å². The molecule has 108 heavy (non-hydrogen) atoms. The second-order valence-corrected chi connectivity index (χ2v) is 29.0. The van der Waals surface area contributed by atoms with Gasteiger partial charge in [0.05, 0.1) is 33.1 Å². The van der Waals surface area contributed by atoms with Gasteiger partial charge < -0.3 is 18.6 Å². The van der Waals surface area contributed by atoms with Crippen molar-refractivity contribution in [2.45, 2.75) is 0 Å². The first-order valence-corrected chi connectivity index (χ1v) is 37.4. The Morgan fingerprint density at radius 1 is 0.148 bits per heavy atom. The standard InChI is InChI=1S/C104H64N4/c1-4-19-70(20-5-1)79-55-57-91-83-27-12-13-28-84(83)92-63-72(64-98-102(92)104-97(62-60-88(79)100(91)104)108(98)78-53-45-68(46-54-78)66-41-49-76(50-42-66)106-93-32-16-14-29-85(93)86-30-15-17-33-94(86)106)69-35-37-71(38-36-69)80-56-58-90-82-26-11-10-25-81(82)87-31-18-34-95-101(87)103-96(61-59-89(80)99(90)103)107(95)77-51-43-67(44-52-77)65-39-47-75(48-40-65)105(73-21-6-2-7-22-73)74-23-8-3-9-24-74/h1-64H. The van der Waals surface area contributed by atoms with Crippen molar-refractivity contribution >= 4 is 104 Å². The van der Waals surface area contributed by atoms with Crippen LogP contribution in [0.15, 0.2) is 388 Å². The van der Waals surface area contributed by atoms with Crippen molar-refractivity contribution < 1.29 is 0 Å². The van der Waals surface area contributed by atoms with Crippen molar-refractivity contribution in [3.63, 3.8) is 0 Å². The lowest BCUT2D eigenvalue weighted by atomic mass is 9.89. The van der Waals surface area contributed by atoms with Gasteiger partial charge in [0, 0.05) is 77.2 Å². The van der Waals surface area contributed by atoms with Gasteiger partial charge in [-0.25, -0.2) is 0 Å². The molecule has 0 atom stereocenters. The predicted molar refractivity (Wildman–Crippen MR) is 455 cm³/mol. The van der Waals surface area contributed by atoms with Gasteiger partial charge in [0.25, 0.3) is 0 Å². The summed E-state index contributed by atoms with van der Waals surface area (Å²) >= 11 is 0. The first-order chi connectivity index (χ1) is 53.6. The average Bonchev–Trinajstić information content (AvgIpc) is 1.54. The molecule has 0 radical (unpaired) electrons. The van der Waals surface area contributed by atoms with Crippen molar-refractivity contribution in [2.24, 2.45) is 0 Å². The van der Waals surface area contributed by atoms with Gasteiger partial charge in [-0.2, -0.15) is 0 Å². The molecule has 0 saturated carbocycles. The Kier molecular flexibility index (Phi) is 13.1. The molecule has 0 unspecified atom stereocenters. The Balaban J connectivity index is 0.647. The fourth-order valence-corrected chi connectivity index (χ4v) is 18.6. The van der Waals surface area contributed by atoms with Crippen LogP contribution >= 0.6 is 0 Å². The van der Waals surface area contributed by atoms with Gasteiger partial charge >= 0.3 is 0 Å². The molecular formula is C104H64N4. The zero-order valence-corrected chi connectivity index (χ0v) is 58.7. The molecule has 0 amide bonds. The minimum Gasteiger partial charge on any atom is -0.311 e. The second-order valence-electron chi connectivity index (χ2n) is 29.0. The highest BCUT2D eigenvalue weighted by Gasteiger charge is 2.30. The maximum atomic E-state index is 2.54. The minimum atomic E-state index is 1.11. The summed E-state index contributed by atoms with van der Waals surface area (Å²) in [6.07, 6.45) is 0. The molecule has 0 bridgehead atoms. The SMILES string of the molecule is c1ccc(-c2ccc3c4c2ccc2c4c4c(cc(-c5ccc(-c6ccc7c8c6ccc6c8c8c(cccc8n6-c6ccc(-c8ccc(N(c9ccccc9)c9ccccc9)cc8)cc6)-c6ccccc6-7)cc5)cc4n2-c2ccc(-c4ccc(-n5c6ccccc6c6ccccc65)cc4)cc2)-c2ccccc2-3)cc1.